The number of unbranched alkanes of at least 4 members (excludes halogenated alkanes) is 29. The van der Waals surface area contributed by atoms with E-state index in [9.17, 15) is 14.4 Å². The highest BCUT2D eigenvalue weighted by Gasteiger charge is 2.19. The van der Waals surface area contributed by atoms with Crippen molar-refractivity contribution >= 4 is 17.9 Å². The first kappa shape index (κ1) is 73.1. The quantitative estimate of drug-likeness (QED) is 0.0261. The highest BCUT2D eigenvalue weighted by atomic mass is 16.6. The van der Waals surface area contributed by atoms with Crippen molar-refractivity contribution in [1.82, 2.24) is 0 Å². The summed E-state index contributed by atoms with van der Waals surface area (Å²) in [5, 5.41) is 0. The number of allylic oxidation sites excluding steroid dienone is 18. The zero-order valence-electron chi connectivity index (χ0n) is 50.4. The van der Waals surface area contributed by atoms with Gasteiger partial charge in [-0.25, -0.2) is 0 Å². The minimum atomic E-state index is -0.797. The maximum atomic E-state index is 12.9. The molecule has 0 amide bonds. The molecule has 1 atom stereocenters. The smallest absolute Gasteiger partial charge is 0.306 e. The summed E-state index contributed by atoms with van der Waals surface area (Å²) in [6.45, 7) is 6.40. The molecule has 6 nitrogen and oxygen atoms in total. The van der Waals surface area contributed by atoms with Crippen LogP contribution in [-0.2, 0) is 28.6 Å². The largest absolute Gasteiger partial charge is 0.462 e. The summed E-state index contributed by atoms with van der Waals surface area (Å²) in [6.07, 6.45) is 88.1. The highest BCUT2D eigenvalue weighted by molar-refractivity contribution is 5.71. The van der Waals surface area contributed by atoms with Crippen molar-refractivity contribution in [3.8, 4) is 0 Å². The van der Waals surface area contributed by atoms with Crippen LogP contribution in [0.5, 0.6) is 0 Å². The molecule has 0 spiro atoms. The van der Waals surface area contributed by atoms with E-state index < -0.39 is 6.10 Å². The second kappa shape index (κ2) is 64.6. The molecule has 0 saturated heterocycles. The molecule has 0 radical (unpaired) electrons. The van der Waals surface area contributed by atoms with Gasteiger partial charge in [-0.15, -0.1) is 0 Å². The van der Waals surface area contributed by atoms with E-state index in [-0.39, 0.29) is 31.1 Å². The zero-order chi connectivity index (χ0) is 55.7. The van der Waals surface area contributed by atoms with Crippen molar-refractivity contribution in [2.45, 2.75) is 309 Å². The van der Waals surface area contributed by atoms with Gasteiger partial charge in [0.25, 0.3) is 0 Å². The van der Waals surface area contributed by atoms with Gasteiger partial charge in [0.2, 0.25) is 0 Å². The van der Waals surface area contributed by atoms with Gasteiger partial charge in [-0.2, -0.15) is 0 Å². The number of hydrogen-bond acceptors (Lipinski definition) is 6. The number of esters is 3. The Morgan fingerprint density at radius 2 is 0.506 bits per heavy atom. The fourth-order valence-electron chi connectivity index (χ4n) is 8.95. The van der Waals surface area contributed by atoms with Gasteiger partial charge in [0.05, 0.1) is 0 Å². The summed E-state index contributed by atoms with van der Waals surface area (Å²) in [4.78, 5) is 38.3. The molecule has 0 aliphatic heterocycles. The lowest BCUT2D eigenvalue weighted by atomic mass is 10.0. The predicted octanol–water partition coefficient (Wildman–Crippen LogP) is 22.2. The van der Waals surface area contributed by atoms with Crippen LogP contribution in [0.25, 0.3) is 0 Å². The number of rotatable bonds is 58. The summed E-state index contributed by atoms with van der Waals surface area (Å²) in [5.74, 6) is -0.915. The summed E-state index contributed by atoms with van der Waals surface area (Å²) in [5.41, 5.74) is 0. The van der Waals surface area contributed by atoms with E-state index >= 15 is 0 Å². The summed E-state index contributed by atoms with van der Waals surface area (Å²) in [6, 6.07) is 0. The zero-order valence-corrected chi connectivity index (χ0v) is 50.4. The average molecular weight is 1070 g/mol. The second-order valence-corrected chi connectivity index (χ2v) is 21.3. The van der Waals surface area contributed by atoms with E-state index in [4.69, 9.17) is 14.2 Å². The number of carbonyl (C=O) groups is 3. The SMILES string of the molecule is CC/C=C\C/C=C\C/C=C\C/C=C\CCCCCCCCCCCCCCCCC(=O)OCC(COC(=O)CCCCCCC/C=C\CCCCCCCC)OC(=O)CCCCCC/C=C\C/C=C\C/C=C\C/C=C\CC. The predicted molar refractivity (Wildman–Crippen MR) is 334 cm³/mol. The average Bonchev–Trinajstić information content (AvgIpc) is 3.43. The minimum Gasteiger partial charge on any atom is -0.462 e. The Kier molecular flexibility index (Phi) is 61.3. The molecule has 0 aliphatic rings. The van der Waals surface area contributed by atoms with Gasteiger partial charge in [0, 0.05) is 19.3 Å². The van der Waals surface area contributed by atoms with Crippen LogP contribution in [0.2, 0.25) is 0 Å². The molecular formula is C71H120O6. The van der Waals surface area contributed by atoms with E-state index in [0.717, 1.165) is 128 Å². The summed E-state index contributed by atoms with van der Waals surface area (Å²) < 4.78 is 16.9. The summed E-state index contributed by atoms with van der Waals surface area (Å²) in [7, 11) is 0. The Morgan fingerprint density at radius 1 is 0.273 bits per heavy atom. The van der Waals surface area contributed by atoms with Crippen LogP contribution >= 0.6 is 0 Å². The lowest BCUT2D eigenvalue weighted by Crippen LogP contribution is -2.30. The minimum absolute atomic E-state index is 0.0905. The molecule has 0 aromatic carbocycles. The molecule has 0 saturated carbocycles. The molecule has 0 aliphatic carbocycles. The van der Waals surface area contributed by atoms with Crippen LogP contribution in [0.3, 0.4) is 0 Å². The Balaban J connectivity index is 4.33. The normalized spacial score (nSPS) is 12.8. The maximum Gasteiger partial charge on any atom is 0.306 e. The van der Waals surface area contributed by atoms with E-state index in [1.54, 1.807) is 0 Å². The van der Waals surface area contributed by atoms with E-state index in [0.29, 0.717) is 19.3 Å². The molecule has 1 unspecified atom stereocenters. The fraction of sp³-hybridized carbons (Fsp3) is 0.704. The topological polar surface area (TPSA) is 78.9 Å². The molecule has 0 N–H and O–H groups in total. The van der Waals surface area contributed by atoms with Crippen molar-refractivity contribution in [2.24, 2.45) is 0 Å². The van der Waals surface area contributed by atoms with Crippen LogP contribution in [0.15, 0.2) is 109 Å². The third kappa shape index (κ3) is 62.8. The van der Waals surface area contributed by atoms with Gasteiger partial charge in [0.1, 0.15) is 13.2 Å². The van der Waals surface area contributed by atoms with E-state index in [1.165, 1.54) is 135 Å². The molecule has 0 heterocycles. The monoisotopic (exact) mass is 1070 g/mol. The Bertz CT molecular complexity index is 1560. The van der Waals surface area contributed by atoms with Gasteiger partial charge in [-0.3, -0.25) is 14.4 Å². The van der Waals surface area contributed by atoms with Crippen LogP contribution < -0.4 is 0 Å². The Labute approximate surface area is 476 Å². The standard InChI is InChI=1S/C71H120O6/c1-4-7-10-13-16-19-22-25-28-30-31-32-33-34-35-36-37-38-39-41-43-46-49-52-55-58-61-64-70(73)76-67-68(66-75-69(72)63-60-57-54-51-48-45-42-27-24-21-18-15-12-9-6-3)77-71(74)65-62-59-56-53-50-47-44-40-29-26-23-20-17-14-11-8-5-2/h7-8,10-11,16-17,19-20,25-29,31-32,42,44,47,68H,4-6,9,12-15,18,21-24,30,33-41,43,45-46,48-67H2,1-3H3/b10-7-,11-8-,19-16-,20-17-,28-25-,29-26-,32-31-,42-27-,47-44-. The van der Waals surface area contributed by atoms with Crippen molar-refractivity contribution in [3.05, 3.63) is 109 Å². The molecule has 440 valence electrons. The van der Waals surface area contributed by atoms with Crippen molar-refractivity contribution in [2.75, 3.05) is 13.2 Å². The van der Waals surface area contributed by atoms with Gasteiger partial charge < -0.3 is 14.2 Å². The third-order valence-corrected chi connectivity index (χ3v) is 13.7. The molecule has 0 fully saturated rings. The van der Waals surface area contributed by atoms with E-state index in [2.05, 4.69) is 130 Å². The first-order valence-corrected chi connectivity index (χ1v) is 32.4. The first-order chi connectivity index (χ1) is 38.0. The van der Waals surface area contributed by atoms with Gasteiger partial charge >= 0.3 is 17.9 Å². The summed E-state index contributed by atoms with van der Waals surface area (Å²) >= 11 is 0. The number of hydrogen-bond donors (Lipinski definition) is 0. The number of carbonyl (C=O) groups excluding carboxylic acids is 3. The Morgan fingerprint density at radius 3 is 0.805 bits per heavy atom. The van der Waals surface area contributed by atoms with Gasteiger partial charge in [-0.1, -0.05) is 271 Å². The van der Waals surface area contributed by atoms with Crippen molar-refractivity contribution in [1.29, 1.82) is 0 Å². The molecule has 0 aromatic rings. The van der Waals surface area contributed by atoms with Crippen LogP contribution in [0.1, 0.15) is 303 Å². The fourth-order valence-corrected chi connectivity index (χ4v) is 8.95. The molecule has 0 rings (SSSR count). The van der Waals surface area contributed by atoms with Crippen molar-refractivity contribution < 1.29 is 28.6 Å². The number of ether oxygens (including phenoxy) is 3. The molecule has 6 heteroatoms. The lowest BCUT2D eigenvalue weighted by molar-refractivity contribution is -0.167. The van der Waals surface area contributed by atoms with Crippen LogP contribution in [0.4, 0.5) is 0 Å². The molecular weight excluding hydrogens is 949 g/mol. The third-order valence-electron chi connectivity index (χ3n) is 13.7. The Hall–Kier alpha value is -3.93. The molecule has 0 bridgehead atoms. The first-order valence-electron chi connectivity index (χ1n) is 32.4. The van der Waals surface area contributed by atoms with Crippen LogP contribution in [0, 0.1) is 0 Å². The molecule has 0 aromatic heterocycles. The van der Waals surface area contributed by atoms with Gasteiger partial charge in [-0.05, 0) is 122 Å². The van der Waals surface area contributed by atoms with Crippen molar-refractivity contribution in [3.63, 3.8) is 0 Å². The lowest BCUT2D eigenvalue weighted by Gasteiger charge is -2.18. The molecule has 77 heavy (non-hydrogen) atoms. The van der Waals surface area contributed by atoms with E-state index in [1.807, 2.05) is 0 Å². The highest BCUT2D eigenvalue weighted by Crippen LogP contribution is 2.16. The van der Waals surface area contributed by atoms with Gasteiger partial charge in [0.15, 0.2) is 6.10 Å². The maximum absolute atomic E-state index is 12.9. The van der Waals surface area contributed by atoms with Crippen LogP contribution in [-0.4, -0.2) is 37.2 Å². The second-order valence-electron chi connectivity index (χ2n) is 21.3.